The molecule has 0 aliphatic heterocycles. The lowest BCUT2D eigenvalue weighted by atomic mass is 9.94. The van der Waals surface area contributed by atoms with Crippen LogP contribution in [0.25, 0.3) is 0 Å². The molecule has 0 bridgehead atoms. The van der Waals surface area contributed by atoms with Crippen LogP contribution in [0.2, 0.25) is 0 Å². The fourth-order valence-corrected chi connectivity index (χ4v) is 1.37. The van der Waals surface area contributed by atoms with Crippen molar-refractivity contribution in [3.05, 3.63) is 35.6 Å². The van der Waals surface area contributed by atoms with Crippen molar-refractivity contribution >= 4 is 18.3 Å². The van der Waals surface area contributed by atoms with Crippen molar-refractivity contribution in [1.29, 1.82) is 0 Å². The predicted octanol–water partition coefficient (Wildman–Crippen LogP) is 1.95. The lowest BCUT2D eigenvalue weighted by Crippen LogP contribution is -2.47. The highest BCUT2D eigenvalue weighted by molar-refractivity contribution is 5.85. The molecule has 1 aromatic rings. The molecule has 0 saturated carbocycles. The van der Waals surface area contributed by atoms with Crippen molar-refractivity contribution in [3.8, 4) is 0 Å². The van der Waals surface area contributed by atoms with E-state index in [2.05, 4.69) is 5.32 Å². The highest BCUT2D eigenvalue weighted by Crippen LogP contribution is 2.20. The Morgan fingerprint density at radius 1 is 1.47 bits per heavy atom. The highest BCUT2D eigenvalue weighted by atomic mass is 35.5. The zero-order valence-electron chi connectivity index (χ0n) is 10.2. The lowest BCUT2D eigenvalue weighted by Gasteiger charge is -2.27. The van der Waals surface area contributed by atoms with E-state index in [1.165, 1.54) is 12.1 Å². The zero-order chi connectivity index (χ0) is 12.3. The summed E-state index contributed by atoms with van der Waals surface area (Å²) in [5.41, 5.74) is 5.54. The van der Waals surface area contributed by atoms with E-state index in [0.717, 1.165) is 0 Å². The van der Waals surface area contributed by atoms with Crippen molar-refractivity contribution in [1.82, 2.24) is 5.32 Å². The summed E-state index contributed by atoms with van der Waals surface area (Å²) in [5.74, 6) is -0.574. The lowest BCUT2D eigenvalue weighted by molar-refractivity contribution is -0.123. The topological polar surface area (TPSA) is 55.1 Å². The number of hydrogen-bond donors (Lipinski definition) is 2. The second kappa shape index (κ2) is 5.98. The highest BCUT2D eigenvalue weighted by Gasteiger charge is 2.24. The molecule has 3 N–H and O–H groups in total. The Labute approximate surface area is 107 Å². The van der Waals surface area contributed by atoms with Crippen LogP contribution in [0.1, 0.15) is 26.3 Å². The van der Waals surface area contributed by atoms with Gasteiger partial charge in [0, 0.05) is 0 Å². The van der Waals surface area contributed by atoms with Gasteiger partial charge in [-0.1, -0.05) is 12.1 Å². The third-order valence-corrected chi connectivity index (χ3v) is 2.40. The molecular weight excluding hydrogens is 243 g/mol. The molecule has 1 atom stereocenters. The van der Waals surface area contributed by atoms with Crippen molar-refractivity contribution < 1.29 is 9.18 Å². The van der Waals surface area contributed by atoms with E-state index in [0.29, 0.717) is 5.56 Å². The molecule has 0 aliphatic rings. The molecular formula is C12H18ClFN2O. The number of halogens is 2. The summed E-state index contributed by atoms with van der Waals surface area (Å²) in [5, 5.41) is 2.77. The van der Waals surface area contributed by atoms with Crippen LogP contribution < -0.4 is 11.1 Å². The Balaban J connectivity index is 0.00000256. The molecule has 3 nitrogen and oxygen atoms in total. The molecule has 17 heavy (non-hydrogen) atoms. The average molecular weight is 261 g/mol. The fraction of sp³-hybridized carbons (Fsp3) is 0.417. The van der Waals surface area contributed by atoms with Gasteiger partial charge in [0.1, 0.15) is 5.82 Å². The molecule has 1 unspecified atom stereocenters. The van der Waals surface area contributed by atoms with E-state index in [1.54, 1.807) is 19.1 Å². The van der Waals surface area contributed by atoms with Crippen molar-refractivity contribution in [3.63, 3.8) is 0 Å². The first kappa shape index (κ1) is 15.9. The smallest absolute Gasteiger partial charge is 0.237 e. The minimum atomic E-state index is -0.632. The summed E-state index contributed by atoms with van der Waals surface area (Å²) in [7, 11) is 0. The van der Waals surface area contributed by atoms with Gasteiger partial charge in [0.25, 0.3) is 0 Å². The van der Waals surface area contributed by atoms with Gasteiger partial charge in [-0.05, 0) is 38.5 Å². The Morgan fingerprint density at radius 3 is 2.53 bits per heavy atom. The number of nitrogens with two attached hydrogens (primary N) is 1. The first-order valence-corrected chi connectivity index (χ1v) is 5.16. The van der Waals surface area contributed by atoms with Crippen LogP contribution in [0.3, 0.4) is 0 Å². The zero-order valence-corrected chi connectivity index (χ0v) is 11.0. The Kier molecular flexibility index (Phi) is 5.58. The van der Waals surface area contributed by atoms with Crippen molar-refractivity contribution in [2.75, 3.05) is 0 Å². The molecule has 0 fully saturated rings. The first-order valence-electron chi connectivity index (χ1n) is 5.16. The third kappa shape index (κ3) is 4.32. The molecule has 0 aliphatic carbocycles. The average Bonchev–Trinajstić information content (AvgIpc) is 2.17. The number of hydrogen-bond acceptors (Lipinski definition) is 2. The maximum Gasteiger partial charge on any atom is 0.237 e. The molecule has 0 aromatic heterocycles. The maximum atomic E-state index is 13.1. The largest absolute Gasteiger partial charge is 0.346 e. The van der Waals surface area contributed by atoms with Gasteiger partial charge in [0.2, 0.25) is 5.91 Å². The van der Waals surface area contributed by atoms with Gasteiger partial charge in [-0.2, -0.15) is 0 Å². The molecule has 0 spiro atoms. The summed E-state index contributed by atoms with van der Waals surface area (Å²) < 4.78 is 13.1. The minimum absolute atomic E-state index is 0. The molecule has 96 valence electrons. The van der Waals surface area contributed by atoms with E-state index in [1.807, 2.05) is 13.8 Å². The molecule has 0 radical (unpaired) electrons. The number of benzene rings is 1. The molecule has 1 amide bonds. The Hall–Kier alpha value is -1.13. The summed E-state index contributed by atoms with van der Waals surface area (Å²) in [4.78, 5) is 11.5. The van der Waals surface area contributed by atoms with Crippen LogP contribution in [0.4, 0.5) is 4.39 Å². The number of carbonyl (C=O) groups excluding carboxylic acids is 1. The predicted molar refractivity (Wildman–Crippen MR) is 68.5 cm³/mol. The van der Waals surface area contributed by atoms with E-state index >= 15 is 0 Å². The Morgan fingerprint density at radius 2 is 2.06 bits per heavy atom. The quantitative estimate of drug-likeness (QED) is 0.873. The summed E-state index contributed by atoms with van der Waals surface area (Å²) >= 11 is 0. The molecule has 5 heteroatoms. The van der Waals surface area contributed by atoms with E-state index in [9.17, 15) is 9.18 Å². The number of rotatable bonds is 3. The van der Waals surface area contributed by atoms with E-state index in [4.69, 9.17) is 5.73 Å². The van der Waals surface area contributed by atoms with Crippen molar-refractivity contribution in [2.45, 2.75) is 32.4 Å². The van der Waals surface area contributed by atoms with Crippen molar-refractivity contribution in [2.24, 2.45) is 5.73 Å². The molecule has 1 rings (SSSR count). The van der Waals surface area contributed by atoms with E-state index in [-0.39, 0.29) is 24.1 Å². The molecule has 1 aromatic carbocycles. The second-order valence-corrected chi connectivity index (χ2v) is 4.41. The van der Waals surface area contributed by atoms with Gasteiger partial charge >= 0.3 is 0 Å². The van der Waals surface area contributed by atoms with Gasteiger partial charge in [-0.3, -0.25) is 4.79 Å². The van der Waals surface area contributed by atoms with Gasteiger partial charge in [-0.25, -0.2) is 4.39 Å². The number of amides is 1. The first-order chi connectivity index (χ1) is 7.33. The SMILES string of the molecule is CC(N)C(=O)NC(C)(C)c1cccc(F)c1.Cl. The van der Waals surface area contributed by atoms with Crippen LogP contribution in [-0.2, 0) is 10.3 Å². The standard InChI is InChI=1S/C12H17FN2O.ClH/c1-8(14)11(16)15-12(2,3)9-5-4-6-10(13)7-9;/h4-8H,14H2,1-3H3,(H,15,16);1H. The third-order valence-electron chi connectivity index (χ3n) is 2.40. The number of nitrogens with one attached hydrogen (secondary N) is 1. The maximum absolute atomic E-state index is 13.1. The summed E-state index contributed by atoms with van der Waals surface area (Å²) in [6.07, 6.45) is 0. The number of carbonyl (C=O) groups is 1. The fourth-order valence-electron chi connectivity index (χ4n) is 1.37. The second-order valence-electron chi connectivity index (χ2n) is 4.41. The van der Waals surface area contributed by atoms with Crippen LogP contribution in [-0.4, -0.2) is 11.9 Å². The van der Waals surface area contributed by atoms with Gasteiger partial charge < -0.3 is 11.1 Å². The van der Waals surface area contributed by atoms with Crippen LogP contribution >= 0.6 is 12.4 Å². The van der Waals surface area contributed by atoms with Gasteiger partial charge in [0.05, 0.1) is 11.6 Å². The van der Waals surface area contributed by atoms with E-state index < -0.39 is 11.6 Å². The minimum Gasteiger partial charge on any atom is -0.346 e. The normalized spacial score (nSPS) is 12.5. The van der Waals surface area contributed by atoms with Crippen LogP contribution in [0.15, 0.2) is 24.3 Å². The van der Waals surface area contributed by atoms with Gasteiger partial charge in [0.15, 0.2) is 0 Å². The summed E-state index contributed by atoms with van der Waals surface area (Å²) in [6.45, 7) is 5.22. The monoisotopic (exact) mass is 260 g/mol. The van der Waals surface area contributed by atoms with Gasteiger partial charge in [-0.15, -0.1) is 12.4 Å². The summed E-state index contributed by atoms with van der Waals surface area (Å²) in [6, 6.07) is 5.58. The molecule has 0 saturated heterocycles. The van der Waals surface area contributed by atoms with Crippen LogP contribution in [0.5, 0.6) is 0 Å². The Bertz CT molecular complexity index is 394. The molecule has 0 heterocycles. The van der Waals surface area contributed by atoms with Crippen LogP contribution in [0, 0.1) is 5.82 Å².